The molecule has 2 N–H and O–H groups in total. The van der Waals surface area contributed by atoms with Crippen LogP contribution < -0.4 is 10.6 Å². The van der Waals surface area contributed by atoms with Crippen LogP contribution in [0.3, 0.4) is 0 Å². The molecule has 0 fully saturated rings. The Morgan fingerprint density at radius 1 is 1.31 bits per heavy atom. The van der Waals surface area contributed by atoms with Crippen LogP contribution in [0.2, 0.25) is 0 Å². The minimum absolute atomic E-state index is 0.0855. The van der Waals surface area contributed by atoms with Crippen molar-refractivity contribution in [1.82, 2.24) is 0 Å². The van der Waals surface area contributed by atoms with Gasteiger partial charge in [0, 0.05) is 20.7 Å². The van der Waals surface area contributed by atoms with Gasteiger partial charge in [-0.25, -0.2) is 0 Å². The van der Waals surface area contributed by atoms with E-state index in [-0.39, 0.29) is 5.60 Å². The van der Waals surface area contributed by atoms with Crippen LogP contribution in [-0.4, -0.2) is 26.3 Å². The van der Waals surface area contributed by atoms with Crippen molar-refractivity contribution in [2.24, 2.45) is 0 Å². The zero-order chi connectivity index (χ0) is 12.2. The monoisotopic (exact) mass is 222 g/mol. The van der Waals surface area contributed by atoms with Gasteiger partial charge in [0.2, 0.25) is 0 Å². The molecule has 1 aromatic carbocycles. The first-order chi connectivity index (χ1) is 7.46. The Morgan fingerprint density at radius 2 is 1.94 bits per heavy atom. The van der Waals surface area contributed by atoms with Crippen molar-refractivity contribution < 1.29 is 4.74 Å². The summed E-state index contributed by atoms with van der Waals surface area (Å²) < 4.78 is 5.40. The van der Waals surface area contributed by atoms with Crippen molar-refractivity contribution in [3.05, 3.63) is 24.3 Å². The summed E-state index contributed by atoms with van der Waals surface area (Å²) in [5.74, 6) is 0. The molecular weight excluding hydrogens is 200 g/mol. The number of hydrogen-bond acceptors (Lipinski definition) is 3. The normalized spacial score (nSPS) is 11.5. The topological polar surface area (TPSA) is 38.5 Å². The van der Waals surface area contributed by atoms with E-state index in [1.165, 1.54) is 0 Å². The van der Waals surface area contributed by atoms with Gasteiger partial charge < -0.3 is 15.4 Å². The Balaban J connectivity index is 2.60. The number of nitrogens with two attached hydrogens (primary N) is 1. The van der Waals surface area contributed by atoms with E-state index >= 15 is 0 Å². The van der Waals surface area contributed by atoms with Gasteiger partial charge in [-0.1, -0.05) is 12.1 Å². The van der Waals surface area contributed by atoms with Crippen LogP contribution in [0.15, 0.2) is 24.3 Å². The van der Waals surface area contributed by atoms with Crippen LogP contribution in [0.5, 0.6) is 0 Å². The molecule has 90 valence electrons. The summed E-state index contributed by atoms with van der Waals surface area (Å²) in [7, 11) is 3.80. The van der Waals surface area contributed by atoms with Crippen molar-refractivity contribution in [1.29, 1.82) is 0 Å². The minimum atomic E-state index is -0.0855. The minimum Gasteiger partial charge on any atom is -0.397 e. The Hall–Kier alpha value is -1.22. The van der Waals surface area contributed by atoms with E-state index in [0.717, 1.165) is 24.3 Å². The molecule has 3 nitrogen and oxygen atoms in total. The Kier molecular flexibility index (Phi) is 4.19. The van der Waals surface area contributed by atoms with Gasteiger partial charge in [-0.3, -0.25) is 0 Å². The predicted octanol–water partition coefficient (Wildman–Crippen LogP) is 2.52. The lowest BCUT2D eigenvalue weighted by atomic mass is 10.0. The third-order valence-corrected chi connectivity index (χ3v) is 2.95. The fourth-order valence-electron chi connectivity index (χ4n) is 1.49. The first-order valence-electron chi connectivity index (χ1n) is 5.57. The van der Waals surface area contributed by atoms with E-state index in [1.807, 2.05) is 24.3 Å². The fraction of sp³-hybridized carbons (Fsp3) is 0.538. The Morgan fingerprint density at radius 3 is 2.50 bits per heavy atom. The molecule has 0 saturated carbocycles. The van der Waals surface area contributed by atoms with E-state index < -0.39 is 0 Å². The predicted molar refractivity (Wildman–Crippen MR) is 69.8 cm³/mol. The molecule has 0 aliphatic rings. The van der Waals surface area contributed by atoms with E-state index in [9.17, 15) is 0 Å². The third kappa shape index (κ3) is 3.42. The van der Waals surface area contributed by atoms with Crippen molar-refractivity contribution in [3.63, 3.8) is 0 Å². The summed E-state index contributed by atoms with van der Waals surface area (Å²) in [4.78, 5) is 2.16. The number of nitrogen functional groups attached to an aromatic ring is 1. The van der Waals surface area contributed by atoms with Crippen LogP contribution in [0, 0.1) is 0 Å². The first-order valence-corrected chi connectivity index (χ1v) is 5.57. The lowest BCUT2D eigenvalue weighted by molar-refractivity contribution is 0.0174. The molecule has 1 rings (SSSR count). The molecule has 0 atom stereocenters. The van der Waals surface area contributed by atoms with Gasteiger partial charge in [0.05, 0.1) is 17.0 Å². The van der Waals surface area contributed by atoms with Crippen LogP contribution >= 0.6 is 0 Å². The number of para-hydroxylation sites is 2. The maximum absolute atomic E-state index is 5.92. The van der Waals surface area contributed by atoms with Crippen LogP contribution in [-0.2, 0) is 4.74 Å². The molecule has 0 aliphatic heterocycles. The van der Waals surface area contributed by atoms with Gasteiger partial charge in [0.25, 0.3) is 0 Å². The zero-order valence-corrected chi connectivity index (χ0v) is 10.7. The highest BCUT2D eigenvalue weighted by molar-refractivity contribution is 5.66. The fourth-order valence-corrected chi connectivity index (χ4v) is 1.49. The van der Waals surface area contributed by atoms with Crippen LogP contribution in [0.1, 0.15) is 20.3 Å². The maximum atomic E-state index is 5.92. The largest absolute Gasteiger partial charge is 0.397 e. The van der Waals surface area contributed by atoms with Gasteiger partial charge in [-0.15, -0.1) is 0 Å². The quantitative estimate of drug-likeness (QED) is 0.778. The van der Waals surface area contributed by atoms with Gasteiger partial charge in [0.1, 0.15) is 0 Å². The summed E-state index contributed by atoms with van der Waals surface area (Å²) in [6.45, 7) is 5.11. The Labute approximate surface area is 98.2 Å². The molecule has 0 saturated heterocycles. The van der Waals surface area contributed by atoms with Crippen molar-refractivity contribution >= 4 is 11.4 Å². The summed E-state index contributed by atoms with van der Waals surface area (Å²) in [5, 5.41) is 0. The molecule has 16 heavy (non-hydrogen) atoms. The van der Waals surface area contributed by atoms with Crippen LogP contribution in [0.4, 0.5) is 11.4 Å². The third-order valence-electron chi connectivity index (χ3n) is 2.95. The maximum Gasteiger partial charge on any atom is 0.0639 e. The number of nitrogens with zero attached hydrogens (tertiary/aromatic N) is 1. The number of methoxy groups -OCH3 is 1. The molecule has 0 aromatic heterocycles. The highest BCUT2D eigenvalue weighted by atomic mass is 16.5. The van der Waals surface area contributed by atoms with E-state index in [2.05, 4.69) is 25.8 Å². The molecule has 0 bridgehead atoms. The van der Waals surface area contributed by atoms with E-state index in [4.69, 9.17) is 10.5 Å². The van der Waals surface area contributed by atoms with Gasteiger partial charge in [-0.05, 0) is 32.4 Å². The number of hydrogen-bond donors (Lipinski definition) is 1. The van der Waals surface area contributed by atoms with Gasteiger partial charge in [0.15, 0.2) is 0 Å². The smallest absolute Gasteiger partial charge is 0.0639 e. The zero-order valence-electron chi connectivity index (χ0n) is 10.7. The van der Waals surface area contributed by atoms with Crippen molar-refractivity contribution in [2.75, 3.05) is 31.3 Å². The van der Waals surface area contributed by atoms with E-state index in [0.29, 0.717) is 0 Å². The molecule has 0 spiro atoms. The molecule has 3 heteroatoms. The lowest BCUT2D eigenvalue weighted by Crippen LogP contribution is -2.30. The number of anilines is 2. The lowest BCUT2D eigenvalue weighted by Gasteiger charge is -2.27. The van der Waals surface area contributed by atoms with Gasteiger partial charge >= 0.3 is 0 Å². The SMILES string of the molecule is COC(C)(C)CCN(C)c1ccccc1N. The standard InChI is InChI=1S/C13H22N2O/c1-13(2,16-4)9-10-15(3)12-8-6-5-7-11(12)14/h5-8H,9-10,14H2,1-4H3. The Bertz CT molecular complexity index is 336. The average Bonchev–Trinajstić information content (AvgIpc) is 2.27. The number of ether oxygens (including phenoxy) is 1. The number of rotatable bonds is 5. The molecule has 0 amide bonds. The van der Waals surface area contributed by atoms with Crippen molar-refractivity contribution in [2.45, 2.75) is 25.9 Å². The second-order valence-electron chi connectivity index (χ2n) is 4.69. The highest BCUT2D eigenvalue weighted by Gasteiger charge is 2.17. The van der Waals surface area contributed by atoms with Gasteiger partial charge in [-0.2, -0.15) is 0 Å². The molecule has 1 aromatic rings. The molecular formula is C13H22N2O. The van der Waals surface area contributed by atoms with E-state index in [1.54, 1.807) is 7.11 Å². The van der Waals surface area contributed by atoms with Crippen molar-refractivity contribution in [3.8, 4) is 0 Å². The summed E-state index contributed by atoms with van der Waals surface area (Å²) in [6, 6.07) is 7.91. The molecule has 0 heterocycles. The average molecular weight is 222 g/mol. The molecule has 0 aliphatic carbocycles. The highest BCUT2D eigenvalue weighted by Crippen LogP contribution is 2.22. The summed E-state index contributed by atoms with van der Waals surface area (Å²) in [5.41, 5.74) is 7.73. The van der Waals surface area contributed by atoms with Crippen LogP contribution in [0.25, 0.3) is 0 Å². The molecule has 0 radical (unpaired) electrons. The number of benzene rings is 1. The first kappa shape index (κ1) is 12.8. The second-order valence-corrected chi connectivity index (χ2v) is 4.69. The second kappa shape index (κ2) is 5.21. The summed E-state index contributed by atoms with van der Waals surface area (Å²) in [6.07, 6.45) is 0.967. The summed E-state index contributed by atoms with van der Waals surface area (Å²) >= 11 is 0. The molecule has 0 unspecified atom stereocenters.